The van der Waals surface area contributed by atoms with E-state index in [1.807, 2.05) is 36.4 Å². The van der Waals surface area contributed by atoms with Crippen LogP contribution in [0.15, 0.2) is 79.1 Å². The second kappa shape index (κ2) is 8.53. The molecule has 5 aromatic rings. The van der Waals surface area contributed by atoms with Gasteiger partial charge in [-0.3, -0.25) is 0 Å². The molecule has 0 amide bonds. The Morgan fingerprint density at radius 2 is 1.82 bits per heavy atom. The Morgan fingerprint density at radius 1 is 1.06 bits per heavy atom. The molecule has 2 heterocycles. The second-order valence-electron chi connectivity index (χ2n) is 7.80. The highest BCUT2D eigenvalue weighted by atomic mass is 35.5. The molecule has 2 N–H and O–H groups in total. The standard InChI is InChI=1S/C26H18ClN3O4/c1-15-4-9-19(11-20(15)25(31)32)34-26-28-23-12-21(22(27)13-24(23)29-26)17-7-5-16(6-8-17)18-3-2-10-30(33)14-18/h2-14H,1H3,(H,28,29)(H,31,32). The molecule has 0 atom stereocenters. The van der Waals surface area contributed by atoms with E-state index < -0.39 is 5.97 Å². The van der Waals surface area contributed by atoms with Crippen LogP contribution in [-0.2, 0) is 0 Å². The molecule has 0 unspecified atom stereocenters. The van der Waals surface area contributed by atoms with Crippen molar-refractivity contribution < 1.29 is 19.4 Å². The van der Waals surface area contributed by atoms with Crippen LogP contribution >= 0.6 is 11.6 Å². The van der Waals surface area contributed by atoms with Gasteiger partial charge in [0.2, 0.25) is 0 Å². The van der Waals surface area contributed by atoms with Crippen molar-refractivity contribution in [2.45, 2.75) is 6.92 Å². The summed E-state index contributed by atoms with van der Waals surface area (Å²) in [5, 5.41) is 21.4. The fourth-order valence-electron chi connectivity index (χ4n) is 3.75. The number of aromatic amines is 1. The molecule has 0 aliphatic rings. The Labute approximate surface area is 199 Å². The Hall–Kier alpha value is -4.36. The number of nitrogens with one attached hydrogen (secondary N) is 1. The highest BCUT2D eigenvalue weighted by Crippen LogP contribution is 2.34. The average Bonchev–Trinajstić information content (AvgIpc) is 3.20. The van der Waals surface area contributed by atoms with Crippen LogP contribution in [0.25, 0.3) is 33.3 Å². The molecule has 0 bridgehead atoms. The number of aryl methyl sites for hydroxylation is 1. The highest BCUT2D eigenvalue weighted by Gasteiger charge is 2.13. The molecule has 0 fully saturated rings. The number of pyridine rings is 1. The predicted molar refractivity (Wildman–Crippen MR) is 129 cm³/mol. The summed E-state index contributed by atoms with van der Waals surface area (Å²) in [6.45, 7) is 1.73. The number of hydrogen-bond acceptors (Lipinski definition) is 4. The third-order valence-electron chi connectivity index (χ3n) is 5.51. The Bertz CT molecular complexity index is 1540. The van der Waals surface area contributed by atoms with E-state index in [-0.39, 0.29) is 11.6 Å². The maximum atomic E-state index is 11.6. The van der Waals surface area contributed by atoms with E-state index in [9.17, 15) is 15.1 Å². The quantitative estimate of drug-likeness (QED) is 0.242. The van der Waals surface area contributed by atoms with E-state index in [0.29, 0.717) is 27.4 Å². The zero-order chi connectivity index (χ0) is 23.8. The van der Waals surface area contributed by atoms with E-state index in [1.165, 1.54) is 18.5 Å². The van der Waals surface area contributed by atoms with E-state index >= 15 is 0 Å². The van der Waals surface area contributed by atoms with Gasteiger partial charge >= 0.3 is 5.97 Å². The van der Waals surface area contributed by atoms with Gasteiger partial charge in [0.1, 0.15) is 5.75 Å². The van der Waals surface area contributed by atoms with Gasteiger partial charge < -0.3 is 20.0 Å². The van der Waals surface area contributed by atoms with E-state index in [0.717, 1.165) is 27.0 Å². The Morgan fingerprint density at radius 3 is 2.56 bits per heavy atom. The maximum Gasteiger partial charge on any atom is 0.336 e. The van der Waals surface area contributed by atoms with Crippen molar-refractivity contribution in [2.24, 2.45) is 0 Å². The summed E-state index contributed by atoms with van der Waals surface area (Å²) >= 11 is 6.56. The number of nitrogens with zero attached hydrogens (tertiary/aromatic N) is 2. The van der Waals surface area contributed by atoms with Crippen LogP contribution in [-0.4, -0.2) is 21.0 Å². The summed E-state index contributed by atoms with van der Waals surface area (Å²) in [7, 11) is 0. The van der Waals surface area contributed by atoms with Gasteiger partial charge in [0, 0.05) is 17.2 Å². The van der Waals surface area contributed by atoms with Gasteiger partial charge in [0.05, 0.1) is 21.6 Å². The van der Waals surface area contributed by atoms with Crippen molar-refractivity contribution in [3.8, 4) is 34.0 Å². The van der Waals surface area contributed by atoms with Gasteiger partial charge in [-0.25, -0.2) is 4.79 Å². The number of ether oxygens (including phenoxy) is 1. The number of carbonyl (C=O) groups is 1. The first-order valence-corrected chi connectivity index (χ1v) is 10.8. The van der Waals surface area contributed by atoms with Crippen LogP contribution in [0.3, 0.4) is 0 Å². The van der Waals surface area contributed by atoms with Crippen LogP contribution < -0.4 is 9.47 Å². The number of aromatic nitrogens is 3. The number of carboxylic acid groups (broad SMARTS) is 1. The zero-order valence-corrected chi connectivity index (χ0v) is 18.7. The lowest BCUT2D eigenvalue weighted by molar-refractivity contribution is -0.604. The number of H-pyrrole nitrogens is 1. The molecule has 0 saturated heterocycles. The molecular weight excluding hydrogens is 454 g/mol. The molecule has 3 aromatic carbocycles. The monoisotopic (exact) mass is 471 g/mol. The van der Waals surface area contributed by atoms with Crippen molar-refractivity contribution in [3.05, 3.63) is 100 Å². The second-order valence-corrected chi connectivity index (χ2v) is 8.21. The van der Waals surface area contributed by atoms with Crippen LogP contribution in [0.4, 0.5) is 0 Å². The Balaban J connectivity index is 1.45. The zero-order valence-electron chi connectivity index (χ0n) is 17.9. The molecule has 0 aliphatic carbocycles. The summed E-state index contributed by atoms with van der Waals surface area (Å²) in [6.07, 6.45) is 2.96. The molecule has 8 heteroatoms. The Kier molecular flexibility index (Phi) is 5.39. The van der Waals surface area contributed by atoms with Gasteiger partial charge in [-0.05, 0) is 53.9 Å². The van der Waals surface area contributed by atoms with Gasteiger partial charge in [-0.15, -0.1) is 0 Å². The largest absolute Gasteiger partial charge is 0.619 e. The van der Waals surface area contributed by atoms with E-state index in [1.54, 1.807) is 31.2 Å². The number of fused-ring (bicyclic) bond motifs is 1. The lowest BCUT2D eigenvalue weighted by atomic mass is 10.0. The molecule has 2 aromatic heterocycles. The molecule has 168 valence electrons. The van der Waals surface area contributed by atoms with Gasteiger partial charge in [-0.2, -0.15) is 9.71 Å². The molecule has 0 saturated carbocycles. The average molecular weight is 472 g/mol. The summed E-state index contributed by atoms with van der Waals surface area (Å²) in [5.41, 5.74) is 5.59. The first-order valence-electron chi connectivity index (χ1n) is 10.4. The fraction of sp³-hybridized carbons (Fsp3) is 0.0385. The third-order valence-corrected chi connectivity index (χ3v) is 5.82. The van der Waals surface area contributed by atoms with Crippen molar-refractivity contribution >= 4 is 28.6 Å². The third kappa shape index (κ3) is 4.16. The highest BCUT2D eigenvalue weighted by molar-refractivity contribution is 6.34. The van der Waals surface area contributed by atoms with Gasteiger partial charge in [0.25, 0.3) is 6.01 Å². The number of aromatic carboxylic acids is 1. The number of carboxylic acids is 1. The normalized spacial score (nSPS) is 11.0. The predicted octanol–water partition coefficient (Wildman–Crippen LogP) is 5.98. The van der Waals surface area contributed by atoms with Gasteiger partial charge in [-0.1, -0.05) is 41.9 Å². The molecule has 7 nitrogen and oxygen atoms in total. The van der Waals surface area contributed by atoms with E-state index in [4.69, 9.17) is 16.3 Å². The molecule has 0 radical (unpaired) electrons. The number of hydrogen-bond donors (Lipinski definition) is 2. The summed E-state index contributed by atoms with van der Waals surface area (Å²) in [4.78, 5) is 18.9. The molecule has 0 spiro atoms. The molecule has 5 rings (SSSR count). The number of imidazole rings is 1. The van der Waals surface area contributed by atoms with Crippen LogP contribution in [0, 0.1) is 12.1 Å². The lowest BCUT2D eigenvalue weighted by Crippen LogP contribution is -2.23. The minimum atomic E-state index is -1.02. The van der Waals surface area contributed by atoms with E-state index in [2.05, 4.69) is 9.97 Å². The molecular formula is C26H18ClN3O4. The van der Waals surface area contributed by atoms with Crippen molar-refractivity contribution in [1.82, 2.24) is 9.97 Å². The first kappa shape index (κ1) is 21.5. The lowest BCUT2D eigenvalue weighted by Gasteiger charge is -2.07. The minimum absolute atomic E-state index is 0.169. The maximum absolute atomic E-state index is 11.6. The van der Waals surface area contributed by atoms with Crippen molar-refractivity contribution in [2.75, 3.05) is 0 Å². The minimum Gasteiger partial charge on any atom is -0.619 e. The fourth-order valence-corrected chi connectivity index (χ4v) is 4.02. The number of halogens is 1. The van der Waals surface area contributed by atoms with Crippen LogP contribution in [0.2, 0.25) is 5.02 Å². The van der Waals surface area contributed by atoms with Crippen molar-refractivity contribution in [3.63, 3.8) is 0 Å². The smallest absolute Gasteiger partial charge is 0.336 e. The SMILES string of the molecule is Cc1ccc(Oc2nc3cc(-c4ccc(-c5ccc[n+]([O-])c5)cc4)c(Cl)cc3[nH]2)cc1C(=O)O. The first-order chi connectivity index (χ1) is 16.4. The number of benzene rings is 3. The number of rotatable bonds is 5. The van der Waals surface area contributed by atoms with Gasteiger partial charge in [0.15, 0.2) is 12.4 Å². The molecule has 34 heavy (non-hydrogen) atoms. The van der Waals surface area contributed by atoms with Crippen LogP contribution in [0.1, 0.15) is 15.9 Å². The summed E-state index contributed by atoms with van der Waals surface area (Å²) in [6, 6.07) is 20.0. The molecule has 0 aliphatic heterocycles. The summed E-state index contributed by atoms with van der Waals surface area (Å²) < 4.78 is 6.54. The van der Waals surface area contributed by atoms with Crippen molar-refractivity contribution in [1.29, 1.82) is 0 Å². The summed E-state index contributed by atoms with van der Waals surface area (Å²) in [5.74, 6) is -0.654. The topological polar surface area (TPSA) is 102 Å². The van der Waals surface area contributed by atoms with Crippen LogP contribution in [0.5, 0.6) is 11.8 Å².